The molecule has 2 aromatic rings. The fourth-order valence-corrected chi connectivity index (χ4v) is 1.48. The lowest BCUT2D eigenvalue weighted by Crippen LogP contribution is -2.01. The monoisotopic (exact) mass is 254 g/mol. The Balaban J connectivity index is 2.10. The Morgan fingerprint density at radius 1 is 0.941 bits per heavy atom. The van der Waals surface area contributed by atoms with Gasteiger partial charge < -0.3 is 4.74 Å². The molecule has 0 aliphatic carbocycles. The maximum Gasteiger partial charge on any atom is 0.132 e. The maximum absolute atomic E-state index is 13.3. The van der Waals surface area contributed by atoms with Gasteiger partial charge in [-0.05, 0) is 36.4 Å². The van der Waals surface area contributed by atoms with Crippen LogP contribution in [0, 0.1) is 11.6 Å². The summed E-state index contributed by atoms with van der Waals surface area (Å²) in [4.78, 5) is 0. The van der Waals surface area contributed by atoms with Crippen LogP contribution in [0.2, 0.25) is 5.02 Å². The van der Waals surface area contributed by atoms with Crippen LogP contribution in [0.5, 0.6) is 5.75 Å². The first kappa shape index (κ1) is 11.9. The molecule has 0 amide bonds. The number of hydrogen-bond donors (Lipinski definition) is 0. The van der Waals surface area contributed by atoms with E-state index in [1.165, 1.54) is 18.2 Å². The molecular weight excluding hydrogens is 246 g/mol. The van der Waals surface area contributed by atoms with E-state index in [4.69, 9.17) is 16.3 Å². The van der Waals surface area contributed by atoms with Gasteiger partial charge in [0.1, 0.15) is 24.0 Å². The summed E-state index contributed by atoms with van der Waals surface area (Å²) in [6.07, 6.45) is 0. The lowest BCUT2D eigenvalue weighted by atomic mass is 10.2. The molecule has 0 aromatic heterocycles. The van der Waals surface area contributed by atoms with Crippen LogP contribution in [-0.2, 0) is 6.61 Å². The number of halogens is 3. The second kappa shape index (κ2) is 5.15. The third-order valence-electron chi connectivity index (χ3n) is 2.26. The van der Waals surface area contributed by atoms with Crippen LogP contribution in [0.15, 0.2) is 42.5 Å². The second-order valence-electron chi connectivity index (χ2n) is 3.44. The fourth-order valence-electron chi connectivity index (χ4n) is 1.36. The zero-order valence-electron chi connectivity index (χ0n) is 8.79. The summed E-state index contributed by atoms with van der Waals surface area (Å²) < 4.78 is 31.8. The standard InChI is InChI=1S/C13H9ClF2O/c14-9-4-6-10(7-5-9)17-8-11-12(15)2-1-3-13(11)16/h1-7H,8H2. The molecule has 88 valence electrons. The van der Waals surface area contributed by atoms with Crippen molar-refractivity contribution < 1.29 is 13.5 Å². The highest BCUT2D eigenvalue weighted by molar-refractivity contribution is 6.30. The largest absolute Gasteiger partial charge is 0.489 e. The van der Waals surface area contributed by atoms with E-state index in [1.807, 2.05) is 0 Å². The third-order valence-corrected chi connectivity index (χ3v) is 2.51. The summed E-state index contributed by atoms with van der Waals surface area (Å²) in [5.41, 5.74) is -0.0811. The summed E-state index contributed by atoms with van der Waals surface area (Å²) in [6, 6.07) is 10.3. The number of hydrogen-bond acceptors (Lipinski definition) is 1. The Labute approximate surface area is 103 Å². The molecule has 0 saturated heterocycles. The minimum absolute atomic E-state index is 0.0811. The summed E-state index contributed by atoms with van der Waals surface area (Å²) in [6.45, 7) is -0.153. The van der Waals surface area contributed by atoms with Crippen molar-refractivity contribution in [1.29, 1.82) is 0 Å². The van der Waals surface area contributed by atoms with Gasteiger partial charge in [0.25, 0.3) is 0 Å². The van der Waals surface area contributed by atoms with Crippen molar-refractivity contribution in [2.45, 2.75) is 6.61 Å². The van der Waals surface area contributed by atoms with Gasteiger partial charge in [-0.15, -0.1) is 0 Å². The molecule has 0 radical (unpaired) electrons. The molecule has 0 saturated carbocycles. The van der Waals surface area contributed by atoms with E-state index in [0.717, 1.165) is 0 Å². The van der Waals surface area contributed by atoms with Gasteiger partial charge in [-0.25, -0.2) is 8.78 Å². The summed E-state index contributed by atoms with van der Waals surface area (Å²) >= 11 is 5.70. The minimum atomic E-state index is -0.612. The summed E-state index contributed by atoms with van der Waals surface area (Å²) in [7, 11) is 0. The van der Waals surface area contributed by atoms with Gasteiger partial charge in [-0.3, -0.25) is 0 Å². The first-order valence-corrected chi connectivity index (χ1v) is 5.36. The fraction of sp³-hybridized carbons (Fsp3) is 0.0769. The van der Waals surface area contributed by atoms with Crippen molar-refractivity contribution in [1.82, 2.24) is 0 Å². The van der Waals surface area contributed by atoms with Crippen molar-refractivity contribution >= 4 is 11.6 Å². The van der Waals surface area contributed by atoms with Gasteiger partial charge >= 0.3 is 0 Å². The summed E-state index contributed by atoms with van der Waals surface area (Å²) in [5.74, 6) is -0.713. The van der Waals surface area contributed by atoms with Gasteiger partial charge in [-0.2, -0.15) is 0 Å². The lowest BCUT2D eigenvalue weighted by Gasteiger charge is -2.07. The zero-order chi connectivity index (χ0) is 12.3. The van der Waals surface area contributed by atoms with Crippen molar-refractivity contribution in [2.24, 2.45) is 0 Å². The van der Waals surface area contributed by atoms with E-state index < -0.39 is 11.6 Å². The Morgan fingerprint density at radius 3 is 2.12 bits per heavy atom. The molecule has 0 unspecified atom stereocenters. The van der Waals surface area contributed by atoms with Gasteiger partial charge in [0.05, 0.1) is 5.56 Å². The van der Waals surface area contributed by atoms with Crippen LogP contribution in [0.3, 0.4) is 0 Å². The van der Waals surface area contributed by atoms with Crippen molar-refractivity contribution in [3.05, 3.63) is 64.7 Å². The Bertz CT molecular complexity index is 491. The van der Waals surface area contributed by atoms with Crippen LogP contribution >= 0.6 is 11.6 Å². The molecule has 0 N–H and O–H groups in total. The van der Waals surface area contributed by atoms with E-state index in [9.17, 15) is 8.78 Å². The molecule has 1 nitrogen and oxygen atoms in total. The average molecular weight is 255 g/mol. The molecule has 0 bridgehead atoms. The number of benzene rings is 2. The Kier molecular flexibility index (Phi) is 3.59. The quantitative estimate of drug-likeness (QED) is 0.798. The molecule has 2 rings (SSSR count). The highest BCUT2D eigenvalue weighted by Gasteiger charge is 2.08. The number of ether oxygens (including phenoxy) is 1. The van der Waals surface area contributed by atoms with Crippen LogP contribution in [-0.4, -0.2) is 0 Å². The van der Waals surface area contributed by atoms with Crippen LogP contribution < -0.4 is 4.74 Å². The Morgan fingerprint density at radius 2 is 1.53 bits per heavy atom. The summed E-state index contributed by atoms with van der Waals surface area (Å²) in [5, 5.41) is 0.578. The van der Waals surface area contributed by atoms with Gasteiger partial charge in [-0.1, -0.05) is 17.7 Å². The van der Waals surface area contributed by atoms with Crippen molar-refractivity contribution in [2.75, 3.05) is 0 Å². The predicted molar refractivity (Wildman–Crippen MR) is 62.1 cm³/mol. The van der Waals surface area contributed by atoms with Crippen molar-refractivity contribution in [3.63, 3.8) is 0 Å². The zero-order valence-corrected chi connectivity index (χ0v) is 9.55. The molecule has 0 atom stereocenters. The molecule has 0 heterocycles. The predicted octanol–water partition coefficient (Wildman–Crippen LogP) is 4.20. The molecule has 0 fully saturated rings. The minimum Gasteiger partial charge on any atom is -0.489 e. The SMILES string of the molecule is Fc1cccc(F)c1COc1ccc(Cl)cc1. The van der Waals surface area contributed by atoms with Crippen molar-refractivity contribution in [3.8, 4) is 5.75 Å². The highest BCUT2D eigenvalue weighted by Crippen LogP contribution is 2.19. The second-order valence-corrected chi connectivity index (χ2v) is 3.88. The van der Waals surface area contributed by atoms with Gasteiger partial charge in [0.2, 0.25) is 0 Å². The van der Waals surface area contributed by atoms with E-state index in [-0.39, 0.29) is 12.2 Å². The first-order valence-electron chi connectivity index (χ1n) is 4.98. The third kappa shape index (κ3) is 2.94. The molecule has 0 spiro atoms. The topological polar surface area (TPSA) is 9.23 Å². The van der Waals surface area contributed by atoms with Crippen LogP contribution in [0.4, 0.5) is 8.78 Å². The molecule has 4 heteroatoms. The highest BCUT2D eigenvalue weighted by atomic mass is 35.5. The molecule has 0 aliphatic heterocycles. The molecular formula is C13H9ClF2O. The molecule has 2 aromatic carbocycles. The molecule has 17 heavy (non-hydrogen) atoms. The van der Waals surface area contributed by atoms with Gasteiger partial charge in [0, 0.05) is 5.02 Å². The van der Waals surface area contributed by atoms with E-state index in [2.05, 4.69) is 0 Å². The van der Waals surface area contributed by atoms with E-state index in [1.54, 1.807) is 24.3 Å². The first-order chi connectivity index (χ1) is 8.16. The van der Waals surface area contributed by atoms with Crippen LogP contribution in [0.25, 0.3) is 0 Å². The Hall–Kier alpha value is -1.61. The maximum atomic E-state index is 13.3. The lowest BCUT2D eigenvalue weighted by molar-refractivity contribution is 0.292. The van der Waals surface area contributed by atoms with E-state index in [0.29, 0.717) is 10.8 Å². The number of rotatable bonds is 3. The normalized spacial score (nSPS) is 10.3. The van der Waals surface area contributed by atoms with Gasteiger partial charge in [0.15, 0.2) is 0 Å². The average Bonchev–Trinajstić information content (AvgIpc) is 2.31. The molecule has 0 aliphatic rings. The van der Waals surface area contributed by atoms with Crippen LogP contribution in [0.1, 0.15) is 5.56 Å². The van der Waals surface area contributed by atoms with E-state index >= 15 is 0 Å². The smallest absolute Gasteiger partial charge is 0.132 e.